The molecule has 2 unspecified atom stereocenters. The third-order valence-corrected chi connectivity index (χ3v) is 6.03. The van der Waals surface area contributed by atoms with E-state index < -0.39 is 0 Å². The van der Waals surface area contributed by atoms with Crippen LogP contribution in [0, 0.1) is 5.92 Å². The van der Waals surface area contributed by atoms with Crippen molar-refractivity contribution in [3.63, 3.8) is 0 Å². The van der Waals surface area contributed by atoms with Gasteiger partial charge in [-0.05, 0) is 50.3 Å². The van der Waals surface area contributed by atoms with E-state index in [0.29, 0.717) is 6.04 Å². The van der Waals surface area contributed by atoms with Crippen molar-refractivity contribution in [2.45, 2.75) is 37.8 Å². The fraction of sp³-hybridized carbons (Fsp3) is 0.684. The van der Waals surface area contributed by atoms with Gasteiger partial charge in [-0.1, -0.05) is 11.6 Å². The summed E-state index contributed by atoms with van der Waals surface area (Å²) in [6, 6.07) is 5.03. The molecule has 142 valence electrons. The minimum Gasteiger partial charge on any atom is -0.356 e. The Morgan fingerprint density at radius 3 is 2.92 bits per heavy atom. The lowest BCUT2D eigenvalue weighted by atomic mass is 10.1. The Hall–Kier alpha value is -1.53. The summed E-state index contributed by atoms with van der Waals surface area (Å²) in [6.07, 6.45) is 6.97. The zero-order chi connectivity index (χ0) is 17.9. The second kappa shape index (κ2) is 8.01. The summed E-state index contributed by atoms with van der Waals surface area (Å²) in [4.78, 5) is 13.7. The van der Waals surface area contributed by atoms with Crippen LogP contribution in [0.4, 0.5) is 5.82 Å². The zero-order valence-electron chi connectivity index (χ0n) is 15.5. The molecule has 0 aromatic carbocycles. The molecule has 1 saturated carbocycles. The molecule has 26 heavy (non-hydrogen) atoms. The molecule has 4 rings (SSSR count). The predicted molar refractivity (Wildman–Crippen MR) is 107 cm³/mol. The van der Waals surface area contributed by atoms with Gasteiger partial charge in [-0.2, -0.15) is 0 Å². The summed E-state index contributed by atoms with van der Waals surface area (Å²) in [5, 5.41) is 7.82. The molecule has 3 aliphatic rings. The molecule has 2 aliphatic heterocycles. The number of halogens is 1. The Morgan fingerprint density at radius 1 is 1.27 bits per heavy atom. The number of rotatable bonds is 5. The van der Waals surface area contributed by atoms with Crippen LogP contribution in [0.2, 0.25) is 5.02 Å². The van der Waals surface area contributed by atoms with Crippen LogP contribution in [0.1, 0.15) is 25.7 Å². The summed E-state index contributed by atoms with van der Waals surface area (Å²) in [5.74, 6) is 2.53. The Bertz CT molecular complexity index is 647. The van der Waals surface area contributed by atoms with Gasteiger partial charge in [0.05, 0.1) is 5.02 Å². The number of hydrogen-bond donors (Lipinski definition) is 2. The number of aliphatic imine (C=N–C) groups is 1. The molecule has 3 fully saturated rings. The summed E-state index contributed by atoms with van der Waals surface area (Å²) in [7, 11) is 1.85. The highest BCUT2D eigenvalue weighted by Crippen LogP contribution is 2.31. The fourth-order valence-electron chi connectivity index (χ4n) is 4.11. The summed E-state index contributed by atoms with van der Waals surface area (Å²) in [6.45, 7) is 5.38. The highest BCUT2D eigenvalue weighted by atomic mass is 35.5. The SMILES string of the molecule is CN=C(NCC1CCN(C2CC2)C1)NC1CCN(c2ncccc2Cl)C1. The number of aromatic nitrogens is 1. The molecule has 0 amide bonds. The fourth-order valence-corrected chi connectivity index (χ4v) is 4.35. The van der Waals surface area contributed by atoms with Crippen LogP contribution in [0.15, 0.2) is 23.3 Å². The van der Waals surface area contributed by atoms with Crippen molar-refractivity contribution in [3.8, 4) is 0 Å². The first-order valence-electron chi connectivity index (χ1n) is 9.79. The topological polar surface area (TPSA) is 55.8 Å². The van der Waals surface area contributed by atoms with Crippen LogP contribution in [-0.4, -0.2) is 67.7 Å². The molecule has 0 bridgehead atoms. The lowest BCUT2D eigenvalue weighted by Crippen LogP contribution is -2.46. The number of anilines is 1. The molecule has 2 saturated heterocycles. The first kappa shape index (κ1) is 17.9. The first-order valence-corrected chi connectivity index (χ1v) is 10.2. The van der Waals surface area contributed by atoms with Crippen LogP contribution in [0.25, 0.3) is 0 Å². The van der Waals surface area contributed by atoms with Crippen molar-refractivity contribution in [2.24, 2.45) is 10.9 Å². The lowest BCUT2D eigenvalue weighted by Gasteiger charge is -2.21. The van der Waals surface area contributed by atoms with Crippen molar-refractivity contribution < 1.29 is 0 Å². The maximum atomic E-state index is 6.28. The number of guanidine groups is 1. The van der Waals surface area contributed by atoms with Gasteiger partial charge in [-0.15, -0.1) is 0 Å². The van der Waals surface area contributed by atoms with E-state index in [1.807, 2.05) is 19.2 Å². The van der Waals surface area contributed by atoms with Crippen molar-refractivity contribution in [1.82, 2.24) is 20.5 Å². The molecule has 1 aromatic heterocycles. The largest absolute Gasteiger partial charge is 0.356 e. The molecule has 2 atom stereocenters. The summed E-state index contributed by atoms with van der Waals surface area (Å²) >= 11 is 6.28. The number of nitrogens with zero attached hydrogens (tertiary/aromatic N) is 4. The number of nitrogens with one attached hydrogen (secondary N) is 2. The normalized spacial score (nSPS) is 27.2. The molecule has 0 spiro atoms. The second-order valence-corrected chi connectivity index (χ2v) is 8.13. The van der Waals surface area contributed by atoms with E-state index in [4.69, 9.17) is 11.6 Å². The highest BCUT2D eigenvalue weighted by molar-refractivity contribution is 6.32. The van der Waals surface area contributed by atoms with Crippen LogP contribution in [-0.2, 0) is 0 Å². The summed E-state index contributed by atoms with van der Waals surface area (Å²) < 4.78 is 0. The van der Waals surface area contributed by atoms with E-state index in [9.17, 15) is 0 Å². The smallest absolute Gasteiger partial charge is 0.191 e. The average molecular weight is 377 g/mol. The number of likely N-dealkylation sites (tertiary alicyclic amines) is 1. The zero-order valence-corrected chi connectivity index (χ0v) is 16.3. The summed E-state index contributed by atoms with van der Waals surface area (Å²) in [5.41, 5.74) is 0. The molecule has 2 N–H and O–H groups in total. The Kier molecular flexibility index (Phi) is 5.50. The van der Waals surface area contributed by atoms with Crippen molar-refractivity contribution in [1.29, 1.82) is 0 Å². The quantitative estimate of drug-likeness (QED) is 0.607. The second-order valence-electron chi connectivity index (χ2n) is 7.72. The van der Waals surface area contributed by atoms with E-state index in [2.05, 4.69) is 30.4 Å². The van der Waals surface area contributed by atoms with Crippen LogP contribution < -0.4 is 15.5 Å². The molecule has 7 heteroatoms. The molecule has 1 aromatic rings. The van der Waals surface area contributed by atoms with Gasteiger partial charge in [0, 0.05) is 51.5 Å². The molecular weight excluding hydrogens is 348 g/mol. The van der Waals surface area contributed by atoms with Crippen LogP contribution >= 0.6 is 11.6 Å². The maximum absolute atomic E-state index is 6.28. The van der Waals surface area contributed by atoms with E-state index in [-0.39, 0.29) is 0 Å². The average Bonchev–Trinajstić information content (AvgIpc) is 3.22. The Balaban J connectivity index is 1.23. The lowest BCUT2D eigenvalue weighted by molar-refractivity contribution is 0.314. The third-order valence-electron chi connectivity index (χ3n) is 5.73. The standard InChI is InChI=1S/C19H29ClN6/c1-21-19(23-11-14-6-9-25(12-14)16-4-5-16)24-15-7-10-26(13-15)18-17(20)3-2-8-22-18/h2-3,8,14-16H,4-7,9-13H2,1H3,(H2,21,23,24). The Labute approximate surface area is 161 Å². The van der Waals surface area contributed by atoms with Crippen molar-refractivity contribution in [3.05, 3.63) is 23.4 Å². The maximum Gasteiger partial charge on any atom is 0.191 e. The minimum atomic E-state index is 0.366. The molecule has 3 heterocycles. The monoisotopic (exact) mass is 376 g/mol. The van der Waals surface area contributed by atoms with Crippen molar-refractivity contribution in [2.75, 3.05) is 44.7 Å². The molecule has 1 aliphatic carbocycles. The highest BCUT2D eigenvalue weighted by Gasteiger charge is 2.34. The van der Waals surface area contributed by atoms with E-state index >= 15 is 0 Å². The van der Waals surface area contributed by atoms with Crippen LogP contribution in [0.3, 0.4) is 0 Å². The first-order chi connectivity index (χ1) is 12.7. The van der Waals surface area contributed by atoms with Crippen molar-refractivity contribution >= 4 is 23.4 Å². The molecule has 0 radical (unpaired) electrons. The predicted octanol–water partition coefficient (Wildman–Crippen LogP) is 1.96. The van der Waals surface area contributed by atoms with Crippen LogP contribution in [0.5, 0.6) is 0 Å². The molecule has 6 nitrogen and oxygen atoms in total. The van der Waals surface area contributed by atoms with Gasteiger partial charge >= 0.3 is 0 Å². The van der Waals surface area contributed by atoms with Gasteiger partial charge in [0.15, 0.2) is 5.96 Å². The number of hydrogen-bond acceptors (Lipinski definition) is 4. The van der Waals surface area contributed by atoms with Gasteiger partial charge in [-0.3, -0.25) is 4.99 Å². The van der Waals surface area contributed by atoms with E-state index in [1.54, 1.807) is 6.20 Å². The Morgan fingerprint density at radius 2 is 2.15 bits per heavy atom. The van der Waals surface area contributed by atoms with E-state index in [0.717, 1.165) is 54.8 Å². The van der Waals surface area contributed by atoms with Gasteiger partial charge in [0.25, 0.3) is 0 Å². The minimum absolute atomic E-state index is 0.366. The van der Waals surface area contributed by atoms with Gasteiger partial charge in [0.2, 0.25) is 0 Å². The number of pyridine rings is 1. The van der Waals surface area contributed by atoms with Gasteiger partial charge in [-0.25, -0.2) is 4.98 Å². The van der Waals surface area contributed by atoms with Gasteiger partial charge < -0.3 is 20.4 Å². The van der Waals surface area contributed by atoms with E-state index in [1.165, 1.54) is 32.4 Å². The molecular formula is C19H29ClN6. The van der Waals surface area contributed by atoms with Gasteiger partial charge in [0.1, 0.15) is 5.82 Å². The third kappa shape index (κ3) is 4.23.